The average molecular weight is 406 g/mol. The average Bonchev–Trinajstić information content (AvgIpc) is 3.30. The lowest BCUT2D eigenvalue weighted by Gasteiger charge is -2.35. The Hall–Kier alpha value is -2.63. The van der Waals surface area contributed by atoms with E-state index in [0.29, 0.717) is 11.7 Å². The van der Waals surface area contributed by atoms with Gasteiger partial charge in [-0.1, -0.05) is 5.16 Å². The van der Waals surface area contributed by atoms with Gasteiger partial charge in [0.05, 0.1) is 13.0 Å². The summed E-state index contributed by atoms with van der Waals surface area (Å²) in [6, 6.07) is 4.93. The molecule has 0 spiro atoms. The van der Waals surface area contributed by atoms with Gasteiger partial charge in [0.2, 0.25) is 21.7 Å². The van der Waals surface area contributed by atoms with Gasteiger partial charge in [-0.05, 0) is 23.6 Å². The van der Waals surface area contributed by atoms with Crippen LogP contribution in [0.5, 0.6) is 0 Å². The van der Waals surface area contributed by atoms with Crippen LogP contribution in [0.2, 0.25) is 0 Å². The molecule has 1 aliphatic heterocycles. The summed E-state index contributed by atoms with van der Waals surface area (Å²) < 4.78 is 36.8. The minimum Gasteiger partial charge on any atom is -0.465 e. The highest BCUT2D eigenvalue weighted by Gasteiger charge is 2.42. The maximum Gasteiger partial charge on any atom is 0.349 e. The van der Waals surface area contributed by atoms with Gasteiger partial charge in [0, 0.05) is 31.0 Å². The minimum atomic E-state index is -3.79. The standard InChI is InChI=1S/C16H14N4O5S2/c1-24-16(21)13-12(4-7-26-13)27(22,23)20-8-11(9-20)15-18-14(19-25-15)10-2-5-17-6-3-10/h2-7,11H,8-9H2,1H3. The first-order valence-corrected chi connectivity index (χ1v) is 10.2. The summed E-state index contributed by atoms with van der Waals surface area (Å²) in [6.45, 7) is 0.410. The molecule has 3 aromatic rings. The molecule has 1 fully saturated rings. The number of methoxy groups -OCH3 is 1. The van der Waals surface area contributed by atoms with Gasteiger partial charge in [0.1, 0.15) is 9.77 Å². The van der Waals surface area contributed by atoms with Crippen molar-refractivity contribution in [2.75, 3.05) is 20.2 Å². The molecule has 0 bridgehead atoms. The molecule has 9 nitrogen and oxygen atoms in total. The highest BCUT2D eigenvalue weighted by molar-refractivity contribution is 7.89. The summed E-state index contributed by atoms with van der Waals surface area (Å²) in [7, 11) is -2.57. The number of pyridine rings is 1. The number of nitrogens with zero attached hydrogens (tertiary/aromatic N) is 4. The van der Waals surface area contributed by atoms with E-state index in [1.165, 1.54) is 17.5 Å². The molecule has 0 aliphatic carbocycles. The molecule has 0 unspecified atom stereocenters. The number of carbonyl (C=O) groups excluding carboxylic acids is 1. The largest absolute Gasteiger partial charge is 0.465 e. The van der Waals surface area contributed by atoms with Gasteiger partial charge in [0.25, 0.3) is 0 Å². The van der Waals surface area contributed by atoms with Crippen molar-refractivity contribution in [1.29, 1.82) is 0 Å². The first-order chi connectivity index (χ1) is 13.0. The number of hydrogen-bond donors (Lipinski definition) is 0. The molecular formula is C16H14N4O5S2. The number of aromatic nitrogens is 3. The van der Waals surface area contributed by atoms with Crippen molar-refractivity contribution in [2.24, 2.45) is 0 Å². The maximum absolute atomic E-state index is 12.8. The highest BCUT2D eigenvalue weighted by atomic mass is 32.2. The van der Waals surface area contributed by atoms with Crippen molar-refractivity contribution in [1.82, 2.24) is 19.4 Å². The molecule has 0 aromatic carbocycles. The number of rotatable bonds is 5. The van der Waals surface area contributed by atoms with Gasteiger partial charge in [-0.15, -0.1) is 11.3 Å². The fourth-order valence-electron chi connectivity index (χ4n) is 2.69. The Balaban J connectivity index is 1.49. The molecule has 140 valence electrons. The van der Waals surface area contributed by atoms with Crippen LogP contribution in [0.3, 0.4) is 0 Å². The van der Waals surface area contributed by atoms with Crippen LogP contribution in [0, 0.1) is 0 Å². The van der Waals surface area contributed by atoms with Crippen molar-refractivity contribution in [3.8, 4) is 11.4 Å². The first-order valence-electron chi connectivity index (χ1n) is 7.90. The van der Waals surface area contributed by atoms with Gasteiger partial charge >= 0.3 is 5.97 Å². The van der Waals surface area contributed by atoms with E-state index in [9.17, 15) is 13.2 Å². The third-order valence-electron chi connectivity index (χ3n) is 4.20. The van der Waals surface area contributed by atoms with E-state index < -0.39 is 16.0 Å². The second-order valence-corrected chi connectivity index (χ2v) is 8.64. The van der Waals surface area contributed by atoms with E-state index in [0.717, 1.165) is 16.9 Å². The fraction of sp³-hybridized carbons (Fsp3) is 0.250. The van der Waals surface area contributed by atoms with E-state index >= 15 is 0 Å². The predicted molar refractivity (Wildman–Crippen MR) is 94.7 cm³/mol. The number of hydrogen-bond acceptors (Lipinski definition) is 9. The molecule has 0 atom stereocenters. The Morgan fingerprint density at radius 2 is 2.04 bits per heavy atom. The normalized spacial score (nSPS) is 15.4. The van der Waals surface area contributed by atoms with Crippen LogP contribution in [0.25, 0.3) is 11.4 Å². The molecule has 11 heteroatoms. The van der Waals surface area contributed by atoms with Crippen molar-refractivity contribution in [2.45, 2.75) is 10.8 Å². The van der Waals surface area contributed by atoms with E-state index in [2.05, 4.69) is 19.9 Å². The fourth-order valence-corrected chi connectivity index (χ4v) is 5.53. The van der Waals surface area contributed by atoms with Crippen LogP contribution in [-0.4, -0.2) is 54.0 Å². The first kappa shape index (κ1) is 17.8. The number of carbonyl (C=O) groups is 1. The van der Waals surface area contributed by atoms with Crippen LogP contribution in [0.1, 0.15) is 21.5 Å². The van der Waals surface area contributed by atoms with Crippen molar-refractivity contribution >= 4 is 27.3 Å². The highest BCUT2D eigenvalue weighted by Crippen LogP contribution is 2.34. The topological polar surface area (TPSA) is 115 Å². The quantitative estimate of drug-likeness (QED) is 0.589. The van der Waals surface area contributed by atoms with Crippen LogP contribution in [0.4, 0.5) is 0 Å². The summed E-state index contributed by atoms with van der Waals surface area (Å²) in [4.78, 5) is 20.1. The molecule has 3 aromatic heterocycles. The molecule has 0 N–H and O–H groups in total. The zero-order valence-electron chi connectivity index (χ0n) is 14.1. The third kappa shape index (κ3) is 3.13. The van der Waals surface area contributed by atoms with Gasteiger partial charge in [-0.3, -0.25) is 4.98 Å². The molecular weight excluding hydrogens is 392 g/mol. The maximum atomic E-state index is 12.8. The van der Waals surface area contributed by atoms with Gasteiger partial charge in [-0.2, -0.15) is 9.29 Å². The van der Waals surface area contributed by atoms with Crippen LogP contribution in [-0.2, 0) is 14.8 Å². The lowest BCUT2D eigenvalue weighted by Crippen LogP contribution is -2.48. The van der Waals surface area contributed by atoms with Gasteiger partial charge < -0.3 is 9.26 Å². The zero-order valence-corrected chi connectivity index (χ0v) is 15.7. The summed E-state index contributed by atoms with van der Waals surface area (Å²) in [5.41, 5.74) is 0.768. The van der Waals surface area contributed by atoms with E-state index in [-0.39, 0.29) is 28.8 Å². The molecule has 27 heavy (non-hydrogen) atoms. The zero-order chi connectivity index (χ0) is 19.0. The van der Waals surface area contributed by atoms with E-state index in [1.54, 1.807) is 29.9 Å². The molecule has 0 saturated carbocycles. The Labute approximate surface area is 158 Å². The molecule has 0 amide bonds. The molecule has 1 aliphatic rings. The molecule has 4 heterocycles. The minimum absolute atomic E-state index is 0.0409. The van der Waals surface area contributed by atoms with E-state index in [4.69, 9.17) is 4.52 Å². The molecule has 0 radical (unpaired) electrons. The number of thiophene rings is 1. The van der Waals surface area contributed by atoms with Crippen LogP contribution >= 0.6 is 11.3 Å². The van der Waals surface area contributed by atoms with E-state index in [1.807, 2.05) is 0 Å². The summed E-state index contributed by atoms with van der Waals surface area (Å²) >= 11 is 1.03. The number of sulfonamides is 1. The second-order valence-electron chi connectivity index (χ2n) is 5.82. The number of ether oxygens (including phenoxy) is 1. The smallest absolute Gasteiger partial charge is 0.349 e. The Bertz CT molecular complexity index is 1070. The molecule has 4 rings (SSSR count). The Morgan fingerprint density at radius 3 is 2.74 bits per heavy atom. The Kier molecular flexibility index (Phi) is 4.50. The lowest BCUT2D eigenvalue weighted by atomic mass is 10.0. The van der Waals surface area contributed by atoms with Gasteiger partial charge in [-0.25, -0.2) is 13.2 Å². The number of esters is 1. The predicted octanol–water partition coefficient (Wildman–Crippen LogP) is 1.77. The van der Waals surface area contributed by atoms with Crippen molar-refractivity contribution < 1.29 is 22.5 Å². The van der Waals surface area contributed by atoms with Gasteiger partial charge in [0.15, 0.2) is 0 Å². The lowest BCUT2D eigenvalue weighted by molar-refractivity contribution is 0.0602. The van der Waals surface area contributed by atoms with Crippen LogP contribution in [0.15, 0.2) is 45.4 Å². The monoisotopic (exact) mass is 406 g/mol. The second kappa shape index (κ2) is 6.83. The van der Waals surface area contributed by atoms with Crippen molar-refractivity contribution in [3.05, 3.63) is 46.7 Å². The summed E-state index contributed by atoms with van der Waals surface area (Å²) in [5, 5.41) is 5.48. The Morgan fingerprint density at radius 1 is 1.30 bits per heavy atom. The third-order valence-corrected chi connectivity index (χ3v) is 7.09. The summed E-state index contributed by atoms with van der Waals surface area (Å²) in [5.74, 6) is -0.0473. The SMILES string of the molecule is COC(=O)c1sccc1S(=O)(=O)N1CC(c2nc(-c3ccncc3)no2)C1. The van der Waals surface area contributed by atoms with Crippen molar-refractivity contribution in [3.63, 3.8) is 0 Å². The summed E-state index contributed by atoms with van der Waals surface area (Å²) in [6.07, 6.45) is 3.26. The van der Waals surface area contributed by atoms with Crippen LogP contribution < -0.4 is 0 Å². The molecule has 1 saturated heterocycles.